The van der Waals surface area contributed by atoms with Gasteiger partial charge in [0.15, 0.2) is 0 Å². The minimum atomic E-state index is 0.470. The summed E-state index contributed by atoms with van der Waals surface area (Å²) in [5.41, 5.74) is 7.81. The number of hydrogen-bond acceptors (Lipinski definition) is 2. The summed E-state index contributed by atoms with van der Waals surface area (Å²) < 4.78 is 0. The molecule has 0 spiro atoms. The van der Waals surface area contributed by atoms with Crippen molar-refractivity contribution >= 4 is 17.2 Å². The lowest BCUT2D eigenvalue weighted by Gasteiger charge is -2.15. The minimum Gasteiger partial charge on any atom is -0.389 e. The van der Waals surface area contributed by atoms with E-state index in [4.69, 9.17) is 18.0 Å². The van der Waals surface area contributed by atoms with E-state index in [2.05, 4.69) is 24.1 Å². The van der Waals surface area contributed by atoms with Crippen molar-refractivity contribution in [1.29, 1.82) is 0 Å². The molecule has 3 heteroatoms. The Hall–Kier alpha value is -0.930. The molecule has 1 aliphatic rings. The topological polar surface area (TPSA) is 29.3 Å². The molecule has 15 heavy (non-hydrogen) atoms. The summed E-state index contributed by atoms with van der Waals surface area (Å²) in [5.74, 6) is 0. The summed E-state index contributed by atoms with van der Waals surface area (Å²) >= 11 is 4.91. The molecular weight excluding hydrogens is 204 g/mol. The molecule has 0 amide bonds. The Bertz CT molecular complexity index is 354. The van der Waals surface area contributed by atoms with E-state index in [1.54, 1.807) is 0 Å². The van der Waals surface area contributed by atoms with Gasteiger partial charge in [-0.2, -0.15) is 0 Å². The van der Waals surface area contributed by atoms with Crippen molar-refractivity contribution in [3.63, 3.8) is 0 Å². The fraction of sp³-hybridized carbons (Fsp3) is 0.417. The number of nitrogens with two attached hydrogens (primary N) is 1. The highest BCUT2D eigenvalue weighted by atomic mass is 32.1. The Kier molecular flexibility index (Phi) is 3.03. The van der Waals surface area contributed by atoms with Crippen molar-refractivity contribution in [1.82, 2.24) is 4.90 Å². The predicted octanol–water partition coefficient (Wildman–Crippen LogP) is 1.92. The van der Waals surface area contributed by atoms with Crippen molar-refractivity contribution in [3.8, 4) is 0 Å². The van der Waals surface area contributed by atoms with E-state index in [1.807, 2.05) is 12.1 Å². The van der Waals surface area contributed by atoms with Crippen LogP contribution in [0, 0.1) is 0 Å². The fourth-order valence-corrected chi connectivity index (χ4v) is 1.84. The standard InChI is InChI=1S/C12H16N2S/c1-14(11-6-7-11)8-9-2-4-10(5-3-9)12(13)15/h2-5,11H,6-8H2,1H3,(H2,13,15). The van der Waals surface area contributed by atoms with E-state index in [1.165, 1.54) is 18.4 Å². The van der Waals surface area contributed by atoms with Gasteiger partial charge >= 0.3 is 0 Å². The summed E-state index contributed by atoms with van der Waals surface area (Å²) in [6.45, 7) is 1.02. The Morgan fingerprint density at radius 1 is 1.40 bits per heavy atom. The van der Waals surface area contributed by atoms with Crippen molar-refractivity contribution < 1.29 is 0 Å². The first-order chi connectivity index (χ1) is 7.16. The minimum absolute atomic E-state index is 0.470. The first-order valence-corrected chi connectivity index (χ1v) is 5.66. The van der Waals surface area contributed by atoms with Gasteiger partial charge in [0.25, 0.3) is 0 Å². The lowest BCUT2D eigenvalue weighted by molar-refractivity contribution is 0.316. The molecule has 0 atom stereocenters. The summed E-state index contributed by atoms with van der Waals surface area (Å²) in [5, 5.41) is 0. The lowest BCUT2D eigenvalue weighted by atomic mass is 10.1. The molecule has 0 aliphatic heterocycles. The summed E-state index contributed by atoms with van der Waals surface area (Å²) in [6.07, 6.45) is 2.70. The van der Waals surface area contributed by atoms with Crippen LogP contribution in [-0.2, 0) is 6.54 Å². The molecular formula is C12H16N2S. The number of nitrogens with zero attached hydrogens (tertiary/aromatic N) is 1. The molecule has 2 rings (SSSR count). The molecule has 80 valence electrons. The molecule has 1 aromatic carbocycles. The van der Waals surface area contributed by atoms with Gasteiger partial charge in [0.2, 0.25) is 0 Å². The zero-order valence-electron chi connectivity index (χ0n) is 8.94. The zero-order valence-corrected chi connectivity index (χ0v) is 9.76. The van der Waals surface area contributed by atoms with E-state index >= 15 is 0 Å². The quantitative estimate of drug-likeness (QED) is 0.786. The SMILES string of the molecule is CN(Cc1ccc(C(N)=S)cc1)C1CC1. The van der Waals surface area contributed by atoms with Gasteiger partial charge in [-0.15, -0.1) is 0 Å². The van der Waals surface area contributed by atoms with Crippen molar-refractivity contribution in [3.05, 3.63) is 35.4 Å². The zero-order chi connectivity index (χ0) is 10.8. The van der Waals surface area contributed by atoms with E-state index < -0.39 is 0 Å². The predicted molar refractivity (Wildman–Crippen MR) is 66.8 cm³/mol. The average molecular weight is 220 g/mol. The van der Waals surface area contributed by atoms with Crippen LogP contribution in [0.15, 0.2) is 24.3 Å². The first-order valence-electron chi connectivity index (χ1n) is 5.26. The third-order valence-corrected chi connectivity index (χ3v) is 3.08. The third-order valence-electron chi connectivity index (χ3n) is 2.84. The van der Waals surface area contributed by atoms with Crippen LogP contribution >= 0.6 is 12.2 Å². The van der Waals surface area contributed by atoms with Crippen LogP contribution < -0.4 is 5.73 Å². The maximum Gasteiger partial charge on any atom is 0.103 e. The maximum atomic E-state index is 5.54. The second-order valence-electron chi connectivity index (χ2n) is 4.21. The van der Waals surface area contributed by atoms with Gasteiger partial charge in [-0.1, -0.05) is 36.5 Å². The van der Waals surface area contributed by atoms with E-state index in [0.29, 0.717) is 4.99 Å². The average Bonchev–Trinajstić information content (AvgIpc) is 3.01. The smallest absolute Gasteiger partial charge is 0.103 e. The number of hydrogen-bond donors (Lipinski definition) is 1. The van der Waals surface area contributed by atoms with Crippen LogP contribution in [0.2, 0.25) is 0 Å². The Labute approximate surface area is 96.1 Å². The largest absolute Gasteiger partial charge is 0.389 e. The third kappa shape index (κ3) is 2.76. The van der Waals surface area contributed by atoms with Crippen molar-refractivity contribution in [2.45, 2.75) is 25.4 Å². The van der Waals surface area contributed by atoms with Gasteiger partial charge in [-0.25, -0.2) is 0 Å². The molecule has 1 saturated carbocycles. The Morgan fingerprint density at radius 3 is 2.47 bits per heavy atom. The lowest BCUT2D eigenvalue weighted by Crippen LogP contribution is -2.20. The molecule has 0 aromatic heterocycles. The van der Waals surface area contributed by atoms with Crippen molar-refractivity contribution in [2.75, 3.05) is 7.05 Å². The van der Waals surface area contributed by atoms with Gasteiger partial charge in [-0.05, 0) is 25.5 Å². The summed E-state index contributed by atoms with van der Waals surface area (Å²) in [7, 11) is 2.18. The van der Waals surface area contributed by atoms with E-state index in [-0.39, 0.29) is 0 Å². The monoisotopic (exact) mass is 220 g/mol. The molecule has 2 nitrogen and oxygen atoms in total. The molecule has 0 heterocycles. The van der Waals surface area contributed by atoms with Crippen LogP contribution in [0.5, 0.6) is 0 Å². The van der Waals surface area contributed by atoms with Crippen LogP contribution in [0.4, 0.5) is 0 Å². The highest BCUT2D eigenvalue weighted by Gasteiger charge is 2.25. The highest BCUT2D eigenvalue weighted by Crippen LogP contribution is 2.26. The van der Waals surface area contributed by atoms with E-state index in [9.17, 15) is 0 Å². The number of thiocarbonyl (C=S) groups is 1. The molecule has 0 bridgehead atoms. The van der Waals surface area contributed by atoms with Crippen LogP contribution in [0.25, 0.3) is 0 Å². The van der Waals surface area contributed by atoms with Crippen LogP contribution in [-0.4, -0.2) is 23.0 Å². The second-order valence-corrected chi connectivity index (χ2v) is 4.65. The number of benzene rings is 1. The Balaban J connectivity index is 1.99. The molecule has 0 unspecified atom stereocenters. The molecule has 0 saturated heterocycles. The first kappa shape index (κ1) is 10.6. The van der Waals surface area contributed by atoms with E-state index in [0.717, 1.165) is 18.2 Å². The number of rotatable bonds is 4. The van der Waals surface area contributed by atoms with Crippen LogP contribution in [0.3, 0.4) is 0 Å². The molecule has 1 fully saturated rings. The van der Waals surface area contributed by atoms with Gasteiger partial charge in [0.05, 0.1) is 0 Å². The second kappa shape index (κ2) is 4.29. The molecule has 2 N–H and O–H groups in total. The van der Waals surface area contributed by atoms with Gasteiger partial charge in [0.1, 0.15) is 4.99 Å². The molecule has 1 aromatic rings. The normalized spacial score (nSPS) is 15.6. The molecule has 1 aliphatic carbocycles. The van der Waals surface area contributed by atoms with Crippen LogP contribution in [0.1, 0.15) is 24.0 Å². The van der Waals surface area contributed by atoms with Crippen molar-refractivity contribution in [2.24, 2.45) is 5.73 Å². The van der Waals surface area contributed by atoms with Gasteiger partial charge in [0, 0.05) is 18.2 Å². The highest BCUT2D eigenvalue weighted by molar-refractivity contribution is 7.80. The molecule has 0 radical (unpaired) electrons. The summed E-state index contributed by atoms with van der Waals surface area (Å²) in [4.78, 5) is 2.87. The maximum absolute atomic E-state index is 5.54. The summed E-state index contributed by atoms with van der Waals surface area (Å²) in [6, 6.07) is 9.01. The fourth-order valence-electron chi connectivity index (χ4n) is 1.71. The van der Waals surface area contributed by atoms with Gasteiger partial charge < -0.3 is 5.73 Å². The Morgan fingerprint density at radius 2 is 2.00 bits per heavy atom. The van der Waals surface area contributed by atoms with Gasteiger partial charge in [-0.3, -0.25) is 4.90 Å².